The van der Waals surface area contributed by atoms with Gasteiger partial charge in [0, 0.05) is 23.6 Å². The quantitative estimate of drug-likeness (QED) is 0.695. The van der Waals surface area contributed by atoms with Crippen molar-refractivity contribution in [3.05, 3.63) is 60.3 Å². The summed E-state index contributed by atoms with van der Waals surface area (Å²) in [5, 5.41) is 8.83. The van der Waals surface area contributed by atoms with Crippen molar-refractivity contribution < 1.29 is 9.47 Å². The zero-order valence-corrected chi connectivity index (χ0v) is 17.0. The molecule has 2 aliphatic heterocycles. The highest BCUT2D eigenvalue weighted by Crippen LogP contribution is 2.38. The highest BCUT2D eigenvalue weighted by atomic mass is 16.5. The van der Waals surface area contributed by atoms with Gasteiger partial charge < -0.3 is 14.8 Å². The van der Waals surface area contributed by atoms with E-state index in [9.17, 15) is 0 Å². The first-order valence-electron chi connectivity index (χ1n) is 10.4. The molecule has 2 saturated heterocycles. The molecule has 2 atom stereocenters. The van der Waals surface area contributed by atoms with Crippen LogP contribution in [0.3, 0.4) is 0 Å². The lowest BCUT2D eigenvalue weighted by molar-refractivity contribution is 0.358. The molecular weight excluding hydrogens is 362 g/mol. The summed E-state index contributed by atoms with van der Waals surface area (Å²) in [5.41, 5.74) is 4.49. The maximum absolute atomic E-state index is 5.33. The van der Waals surface area contributed by atoms with Crippen LogP contribution in [-0.2, 0) is 0 Å². The van der Waals surface area contributed by atoms with Crippen LogP contribution in [0.5, 0.6) is 11.5 Å². The second kappa shape index (κ2) is 7.56. The molecule has 0 amide bonds. The fraction of sp³-hybridized carbons (Fsp3) is 0.375. The average molecular weight is 389 g/mol. The van der Waals surface area contributed by atoms with Crippen molar-refractivity contribution in [2.45, 2.75) is 43.7 Å². The third-order valence-corrected chi connectivity index (χ3v) is 6.32. The maximum Gasteiger partial charge on any atom is 0.119 e. The number of aromatic nitrogens is 2. The van der Waals surface area contributed by atoms with E-state index in [1.807, 2.05) is 24.3 Å². The van der Waals surface area contributed by atoms with Crippen LogP contribution in [0.15, 0.2) is 54.6 Å². The average Bonchev–Trinajstić information content (AvgIpc) is 3.37. The third-order valence-electron chi connectivity index (χ3n) is 6.32. The van der Waals surface area contributed by atoms with Gasteiger partial charge >= 0.3 is 0 Å². The first-order valence-corrected chi connectivity index (χ1v) is 10.4. The highest BCUT2D eigenvalue weighted by molar-refractivity contribution is 5.64. The van der Waals surface area contributed by atoms with E-state index in [1.165, 1.54) is 31.4 Å². The summed E-state index contributed by atoms with van der Waals surface area (Å²) in [4.78, 5) is 0. The number of nitrogens with zero attached hydrogens (tertiary/aromatic N) is 2. The number of hydrogen-bond donors (Lipinski definition) is 1. The zero-order valence-electron chi connectivity index (χ0n) is 17.0. The first kappa shape index (κ1) is 18.3. The van der Waals surface area contributed by atoms with Crippen LogP contribution in [0.25, 0.3) is 16.9 Å². The number of hydrogen-bond acceptors (Lipinski definition) is 4. The molecule has 2 bridgehead atoms. The summed E-state index contributed by atoms with van der Waals surface area (Å²) in [6.07, 6.45) is 4.95. The van der Waals surface area contributed by atoms with Gasteiger partial charge in [-0.15, -0.1) is 0 Å². The van der Waals surface area contributed by atoms with E-state index in [-0.39, 0.29) is 0 Å². The van der Waals surface area contributed by atoms with E-state index >= 15 is 0 Å². The van der Waals surface area contributed by atoms with Gasteiger partial charge in [0.2, 0.25) is 0 Å². The largest absolute Gasteiger partial charge is 0.497 e. The Bertz CT molecular complexity index is 901. The fourth-order valence-electron chi connectivity index (χ4n) is 4.79. The Morgan fingerprint density at radius 1 is 0.862 bits per heavy atom. The predicted octanol–water partition coefficient (Wildman–Crippen LogP) is 4.55. The molecule has 1 N–H and O–H groups in total. The topological polar surface area (TPSA) is 48.3 Å². The molecular formula is C24H27N3O2. The molecule has 29 heavy (non-hydrogen) atoms. The van der Waals surface area contributed by atoms with Gasteiger partial charge in [-0.3, -0.25) is 0 Å². The van der Waals surface area contributed by atoms with E-state index in [0.29, 0.717) is 18.0 Å². The van der Waals surface area contributed by atoms with Crippen molar-refractivity contribution in [1.29, 1.82) is 0 Å². The highest BCUT2D eigenvalue weighted by Gasteiger charge is 2.35. The zero-order chi connectivity index (χ0) is 19.8. The number of benzene rings is 2. The monoisotopic (exact) mass is 389 g/mol. The number of fused-ring (bicyclic) bond motifs is 2. The van der Waals surface area contributed by atoms with Gasteiger partial charge in [0.25, 0.3) is 0 Å². The summed E-state index contributed by atoms with van der Waals surface area (Å²) < 4.78 is 12.7. The molecule has 2 aromatic carbocycles. The van der Waals surface area contributed by atoms with Gasteiger partial charge in [0.05, 0.1) is 31.3 Å². The molecule has 5 heteroatoms. The Balaban J connectivity index is 1.55. The number of rotatable bonds is 5. The number of methoxy groups -OCH3 is 2. The van der Waals surface area contributed by atoms with Crippen molar-refractivity contribution in [2.24, 2.45) is 0 Å². The molecule has 0 saturated carbocycles. The van der Waals surface area contributed by atoms with E-state index in [0.717, 1.165) is 28.4 Å². The molecule has 1 aromatic heterocycles. The summed E-state index contributed by atoms with van der Waals surface area (Å²) in [7, 11) is 3.38. The Hall–Kier alpha value is -2.79. The lowest BCUT2D eigenvalue weighted by Gasteiger charge is -2.27. The van der Waals surface area contributed by atoms with Crippen molar-refractivity contribution in [3.8, 4) is 28.4 Å². The van der Waals surface area contributed by atoms with Crippen LogP contribution >= 0.6 is 0 Å². The van der Waals surface area contributed by atoms with Crippen LogP contribution in [0.1, 0.15) is 37.3 Å². The number of nitrogens with one attached hydrogen (secondary N) is 1. The van der Waals surface area contributed by atoms with Crippen molar-refractivity contribution in [3.63, 3.8) is 0 Å². The Labute approximate surface area is 171 Å². The molecule has 3 heterocycles. The number of piperidine rings is 1. The van der Waals surface area contributed by atoms with Crippen LogP contribution < -0.4 is 14.8 Å². The van der Waals surface area contributed by atoms with E-state index < -0.39 is 0 Å². The van der Waals surface area contributed by atoms with Crippen LogP contribution in [0.2, 0.25) is 0 Å². The fourth-order valence-corrected chi connectivity index (χ4v) is 4.79. The van der Waals surface area contributed by atoms with Crippen molar-refractivity contribution >= 4 is 0 Å². The summed E-state index contributed by atoms with van der Waals surface area (Å²) in [5.74, 6) is 2.23. The standard InChI is InChI=1S/C24H27N3O2/c1-28-21-9-3-16(4-10-21)24-15-23(17-13-18-5-6-19(14-17)25-18)26-27(24)20-7-11-22(29-2)12-8-20/h3-4,7-12,15,17-19,25H,5-6,13-14H2,1-2H3. The minimum atomic E-state index is 0.519. The molecule has 0 radical (unpaired) electrons. The Kier molecular flexibility index (Phi) is 4.76. The third kappa shape index (κ3) is 3.51. The van der Waals surface area contributed by atoms with Gasteiger partial charge in [0.15, 0.2) is 0 Å². The molecule has 0 spiro atoms. The van der Waals surface area contributed by atoms with E-state index in [1.54, 1.807) is 14.2 Å². The van der Waals surface area contributed by atoms with Gasteiger partial charge in [0.1, 0.15) is 11.5 Å². The minimum absolute atomic E-state index is 0.519. The van der Waals surface area contributed by atoms with E-state index in [4.69, 9.17) is 14.6 Å². The molecule has 2 fully saturated rings. The molecule has 150 valence electrons. The van der Waals surface area contributed by atoms with Crippen molar-refractivity contribution in [1.82, 2.24) is 15.1 Å². The Morgan fingerprint density at radius 2 is 1.45 bits per heavy atom. The van der Waals surface area contributed by atoms with Gasteiger partial charge in [-0.25, -0.2) is 4.68 Å². The normalized spacial score (nSPS) is 23.2. The van der Waals surface area contributed by atoms with Crippen LogP contribution in [-0.4, -0.2) is 36.1 Å². The molecule has 2 aliphatic rings. The lowest BCUT2D eigenvalue weighted by atomic mass is 9.89. The molecule has 2 unspecified atom stereocenters. The maximum atomic E-state index is 5.33. The molecule has 5 rings (SSSR count). The van der Waals surface area contributed by atoms with Crippen LogP contribution in [0, 0.1) is 0 Å². The number of ether oxygens (including phenoxy) is 2. The van der Waals surface area contributed by atoms with Crippen molar-refractivity contribution in [2.75, 3.05) is 14.2 Å². The SMILES string of the molecule is COc1ccc(-c2cc(C3CC4CCC(C3)N4)nn2-c2ccc(OC)cc2)cc1. The Morgan fingerprint density at radius 3 is 2.03 bits per heavy atom. The molecule has 0 aliphatic carbocycles. The van der Waals surface area contributed by atoms with Gasteiger partial charge in [-0.1, -0.05) is 0 Å². The summed E-state index contributed by atoms with van der Waals surface area (Å²) in [6.45, 7) is 0. The second-order valence-electron chi connectivity index (χ2n) is 8.10. The first-order chi connectivity index (χ1) is 14.2. The second-order valence-corrected chi connectivity index (χ2v) is 8.10. The minimum Gasteiger partial charge on any atom is -0.497 e. The summed E-state index contributed by atoms with van der Waals surface area (Å²) in [6, 6.07) is 19.9. The molecule has 5 nitrogen and oxygen atoms in total. The van der Waals surface area contributed by atoms with Gasteiger partial charge in [-0.2, -0.15) is 5.10 Å². The van der Waals surface area contributed by atoms with Gasteiger partial charge in [-0.05, 0) is 80.3 Å². The van der Waals surface area contributed by atoms with Crippen LogP contribution in [0.4, 0.5) is 0 Å². The summed E-state index contributed by atoms with van der Waals surface area (Å²) >= 11 is 0. The predicted molar refractivity (Wildman–Crippen MR) is 114 cm³/mol. The smallest absolute Gasteiger partial charge is 0.119 e. The lowest BCUT2D eigenvalue weighted by Crippen LogP contribution is -2.37. The van der Waals surface area contributed by atoms with E-state index in [2.05, 4.69) is 40.3 Å². The molecule has 3 aromatic rings.